The fraction of sp³-hybridized carbons (Fsp3) is 0.542. The number of Topliss-reactive ketones (excluding diaryl/α,β-unsaturated/α-hetero) is 3. The summed E-state index contributed by atoms with van der Waals surface area (Å²) in [5.74, 6) is -4.06. The number of aliphatic hydroxyl groups excluding tert-OH is 1. The molecule has 1 aromatic rings. The van der Waals surface area contributed by atoms with E-state index in [1.165, 1.54) is 12.1 Å². The van der Waals surface area contributed by atoms with Gasteiger partial charge in [0.1, 0.15) is 17.3 Å². The summed E-state index contributed by atoms with van der Waals surface area (Å²) >= 11 is 0. The van der Waals surface area contributed by atoms with Gasteiger partial charge in [-0.3, -0.25) is 14.4 Å². The highest BCUT2D eigenvalue weighted by Gasteiger charge is 2.48. The summed E-state index contributed by atoms with van der Waals surface area (Å²) in [5, 5.41) is 10.8. The van der Waals surface area contributed by atoms with E-state index in [2.05, 4.69) is 0 Å². The molecule has 168 valence electrons. The van der Waals surface area contributed by atoms with Crippen LogP contribution in [0.1, 0.15) is 70.4 Å². The van der Waals surface area contributed by atoms with Gasteiger partial charge in [0, 0.05) is 37.2 Å². The number of hydrogen-bond donors (Lipinski definition) is 1. The summed E-state index contributed by atoms with van der Waals surface area (Å²) in [4.78, 5) is 39.1. The van der Waals surface area contributed by atoms with Crippen molar-refractivity contribution < 1.29 is 32.7 Å². The number of carbonyl (C=O) groups excluding carboxylic acids is 3. The SMILES string of the molecule is CC1(C)CC(=O)C([C@H](C2=C(O)CC(C)(C)CC2=O)c2cccc(C(F)(F)F)c2)C(=O)C1. The van der Waals surface area contributed by atoms with Gasteiger partial charge in [0.05, 0.1) is 11.5 Å². The second-order valence-electron chi connectivity index (χ2n) is 10.3. The second kappa shape index (κ2) is 7.61. The lowest BCUT2D eigenvalue weighted by atomic mass is 9.62. The molecule has 1 saturated carbocycles. The van der Waals surface area contributed by atoms with E-state index in [1.54, 1.807) is 27.7 Å². The van der Waals surface area contributed by atoms with E-state index in [-0.39, 0.29) is 42.6 Å². The Bertz CT molecular complexity index is 949. The average molecular weight is 436 g/mol. The zero-order chi connectivity index (χ0) is 23.4. The van der Waals surface area contributed by atoms with Gasteiger partial charge in [-0.1, -0.05) is 45.9 Å². The van der Waals surface area contributed by atoms with Gasteiger partial charge in [-0.25, -0.2) is 0 Å². The lowest BCUT2D eigenvalue weighted by molar-refractivity contribution is -0.140. The van der Waals surface area contributed by atoms with Crippen LogP contribution in [0, 0.1) is 16.7 Å². The number of halogens is 3. The first-order valence-corrected chi connectivity index (χ1v) is 10.3. The largest absolute Gasteiger partial charge is 0.512 e. The minimum Gasteiger partial charge on any atom is -0.512 e. The Morgan fingerprint density at radius 3 is 2.00 bits per heavy atom. The van der Waals surface area contributed by atoms with Crippen molar-refractivity contribution in [1.82, 2.24) is 0 Å². The number of alkyl halides is 3. The maximum absolute atomic E-state index is 13.4. The fourth-order valence-corrected chi connectivity index (χ4v) is 4.87. The molecule has 0 unspecified atom stereocenters. The first-order chi connectivity index (χ1) is 14.1. The molecule has 0 aromatic heterocycles. The lowest BCUT2D eigenvalue weighted by Gasteiger charge is -2.39. The molecule has 0 bridgehead atoms. The van der Waals surface area contributed by atoms with Crippen LogP contribution in [-0.2, 0) is 20.6 Å². The molecule has 31 heavy (non-hydrogen) atoms. The molecule has 0 saturated heterocycles. The highest BCUT2D eigenvalue weighted by atomic mass is 19.4. The molecule has 7 heteroatoms. The molecule has 2 aliphatic rings. The van der Waals surface area contributed by atoms with Crippen LogP contribution < -0.4 is 0 Å². The summed E-state index contributed by atoms with van der Waals surface area (Å²) in [6, 6.07) is 4.35. The molecule has 4 nitrogen and oxygen atoms in total. The highest BCUT2D eigenvalue weighted by molar-refractivity contribution is 6.09. The maximum Gasteiger partial charge on any atom is 0.416 e. The number of aliphatic hydroxyl groups is 1. The summed E-state index contributed by atoms with van der Waals surface area (Å²) < 4.78 is 40.1. The van der Waals surface area contributed by atoms with Crippen LogP contribution in [0.3, 0.4) is 0 Å². The van der Waals surface area contributed by atoms with Gasteiger partial charge < -0.3 is 5.11 Å². The molecule has 1 aromatic carbocycles. The Labute approximate surface area is 179 Å². The number of rotatable bonds is 3. The Balaban J connectivity index is 2.20. The van der Waals surface area contributed by atoms with Crippen molar-refractivity contribution in [3.8, 4) is 0 Å². The molecule has 0 radical (unpaired) electrons. The van der Waals surface area contributed by atoms with Gasteiger partial charge >= 0.3 is 6.18 Å². The van der Waals surface area contributed by atoms with E-state index in [4.69, 9.17) is 0 Å². The van der Waals surface area contributed by atoms with Crippen molar-refractivity contribution in [3.05, 3.63) is 46.7 Å². The molecule has 3 rings (SSSR count). The number of allylic oxidation sites excluding steroid dienone is 2. The third-order valence-electron chi connectivity index (χ3n) is 6.11. The fourth-order valence-electron chi connectivity index (χ4n) is 4.87. The molecule has 0 aliphatic heterocycles. The third kappa shape index (κ3) is 4.75. The standard InChI is InChI=1S/C24H27F3O4/c1-22(2)9-15(28)20(16(29)10-22)19(13-6-5-7-14(8-13)24(25,26)27)21-17(30)11-23(3,4)12-18(21)31/h5-8,19-20,30H,9-12H2,1-4H3/t19-/m1/s1. The van der Waals surface area contributed by atoms with Gasteiger partial charge in [0.15, 0.2) is 5.78 Å². The van der Waals surface area contributed by atoms with Gasteiger partial charge in [0.2, 0.25) is 0 Å². The number of ketones is 3. The van der Waals surface area contributed by atoms with Gasteiger partial charge in [0.25, 0.3) is 0 Å². The molecule has 0 spiro atoms. The van der Waals surface area contributed by atoms with Gasteiger partial charge in [-0.15, -0.1) is 0 Å². The first-order valence-electron chi connectivity index (χ1n) is 10.3. The summed E-state index contributed by atoms with van der Waals surface area (Å²) in [5.41, 5.74) is -2.08. The van der Waals surface area contributed by atoms with Crippen molar-refractivity contribution in [3.63, 3.8) is 0 Å². The van der Waals surface area contributed by atoms with E-state index in [1.807, 2.05) is 0 Å². The van der Waals surface area contributed by atoms with Crippen LogP contribution in [0.2, 0.25) is 0 Å². The number of hydrogen-bond acceptors (Lipinski definition) is 4. The van der Waals surface area contributed by atoms with Crippen molar-refractivity contribution in [1.29, 1.82) is 0 Å². The van der Waals surface area contributed by atoms with Crippen LogP contribution in [0.15, 0.2) is 35.6 Å². The molecular formula is C24H27F3O4. The Morgan fingerprint density at radius 2 is 1.48 bits per heavy atom. The van der Waals surface area contributed by atoms with Crippen LogP contribution in [-0.4, -0.2) is 22.5 Å². The first kappa shape index (κ1) is 23.2. The number of benzene rings is 1. The molecule has 1 atom stereocenters. The number of carbonyl (C=O) groups is 3. The quantitative estimate of drug-likeness (QED) is 0.630. The van der Waals surface area contributed by atoms with Crippen molar-refractivity contribution >= 4 is 17.3 Å². The van der Waals surface area contributed by atoms with Crippen LogP contribution >= 0.6 is 0 Å². The maximum atomic E-state index is 13.4. The Hall–Kier alpha value is -2.44. The molecule has 0 heterocycles. The second-order valence-corrected chi connectivity index (χ2v) is 10.3. The van der Waals surface area contributed by atoms with Crippen molar-refractivity contribution in [2.45, 2.75) is 65.5 Å². The van der Waals surface area contributed by atoms with E-state index >= 15 is 0 Å². The highest BCUT2D eigenvalue weighted by Crippen LogP contribution is 2.48. The van der Waals surface area contributed by atoms with Crippen LogP contribution in [0.25, 0.3) is 0 Å². The normalized spacial score (nSPS) is 23.3. The minimum atomic E-state index is -4.63. The van der Waals surface area contributed by atoms with E-state index in [9.17, 15) is 32.7 Å². The molecular weight excluding hydrogens is 409 g/mol. The molecule has 2 aliphatic carbocycles. The Morgan fingerprint density at radius 1 is 0.935 bits per heavy atom. The van der Waals surface area contributed by atoms with E-state index < -0.39 is 51.8 Å². The predicted octanol–water partition coefficient (Wildman–Crippen LogP) is 5.56. The Kier molecular flexibility index (Phi) is 5.70. The average Bonchev–Trinajstić information content (AvgIpc) is 2.56. The van der Waals surface area contributed by atoms with Crippen molar-refractivity contribution in [2.24, 2.45) is 16.7 Å². The molecule has 1 fully saturated rings. The van der Waals surface area contributed by atoms with Crippen LogP contribution in [0.5, 0.6) is 0 Å². The topological polar surface area (TPSA) is 71.4 Å². The minimum absolute atomic E-state index is 0.0378. The predicted molar refractivity (Wildman–Crippen MR) is 108 cm³/mol. The van der Waals surface area contributed by atoms with Gasteiger partial charge in [-0.05, 0) is 22.5 Å². The summed E-state index contributed by atoms with van der Waals surface area (Å²) in [6.45, 7) is 7.17. The monoisotopic (exact) mass is 436 g/mol. The van der Waals surface area contributed by atoms with Crippen molar-refractivity contribution in [2.75, 3.05) is 0 Å². The lowest BCUT2D eigenvalue weighted by Crippen LogP contribution is -2.43. The third-order valence-corrected chi connectivity index (χ3v) is 6.11. The smallest absolute Gasteiger partial charge is 0.416 e. The molecule has 1 N–H and O–H groups in total. The van der Waals surface area contributed by atoms with Gasteiger partial charge in [-0.2, -0.15) is 13.2 Å². The summed E-state index contributed by atoms with van der Waals surface area (Å²) in [6.07, 6.45) is -4.26. The summed E-state index contributed by atoms with van der Waals surface area (Å²) in [7, 11) is 0. The molecule has 0 amide bonds. The zero-order valence-electron chi connectivity index (χ0n) is 18.1. The zero-order valence-corrected chi connectivity index (χ0v) is 18.1. The van der Waals surface area contributed by atoms with E-state index in [0.29, 0.717) is 0 Å². The van der Waals surface area contributed by atoms with Crippen LogP contribution in [0.4, 0.5) is 13.2 Å². The van der Waals surface area contributed by atoms with E-state index in [0.717, 1.165) is 12.1 Å².